The molecule has 0 spiro atoms. The monoisotopic (exact) mass is 481 g/mol. The Bertz CT molecular complexity index is 1070. The first-order valence-electron chi connectivity index (χ1n) is 11.3. The van der Waals surface area contributed by atoms with E-state index in [4.69, 9.17) is 5.73 Å². The molecule has 0 radical (unpaired) electrons. The second-order valence-electron chi connectivity index (χ2n) is 8.20. The van der Waals surface area contributed by atoms with Gasteiger partial charge in [-0.1, -0.05) is 95.0 Å². The van der Waals surface area contributed by atoms with Crippen molar-refractivity contribution in [3.05, 3.63) is 54.1 Å². The van der Waals surface area contributed by atoms with E-state index in [0.29, 0.717) is 6.42 Å². The lowest BCUT2D eigenvalue weighted by Gasteiger charge is -2.21. The molecule has 0 heterocycles. The molecule has 0 fully saturated rings. The molecule has 32 heavy (non-hydrogen) atoms. The van der Waals surface area contributed by atoms with Crippen LogP contribution >= 0.6 is 0 Å². The summed E-state index contributed by atoms with van der Waals surface area (Å²) in [4.78, 5) is -0.398. The predicted octanol–water partition coefficient (Wildman–Crippen LogP) is 5.95. The first-order chi connectivity index (χ1) is 15.2. The highest BCUT2D eigenvalue weighted by molar-refractivity contribution is 7.92. The third-order valence-corrected chi connectivity index (χ3v) is 8.86. The van der Waals surface area contributed by atoms with Crippen molar-refractivity contribution in [2.24, 2.45) is 0 Å². The van der Waals surface area contributed by atoms with E-state index < -0.39 is 25.2 Å². The molecule has 0 bridgehead atoms. The Hall–Kier alpha value is -1.90. The van der Waals surface area contributed by atoms with Gasteiger partial charge in [0.1, 0.15) is 0 Å². The molecule has 0 saturated heterocycles. The van der Waals surface area contributed by atoms with Crippen LogP contribution in [0.3, 0.4) is 0 Å². The number of unbranched alkanes of at least 4 members (excludes halogenated alkanes) is 8. The highest BCUT2D eigenvalue weighted by Crippen LogP contribution is 2.38. The number of nitrogen functional groups attached to an aromatic ring is 1. The number of anilines is 1. The number of rotatable bonds is 14. The number of hydrogen-bond donors (Lipinski definition) is 2. The van der Waals surface area contributed by atoms with Crippen molar-refractivity contribution in [2.45, 2.75) is 86.2 Å². The summed E-state index contributed by atoms with van der Waals surface area (Å²) in [5.74, 6) is 0. The van der Waals surface area contributed by atoms with E-state index in [2.05, 4.69) is 6.92 Å². The SMILES string of the molecule is CCCCCCCCCCCC(c1ccccc1S(=O)(=O)O)S(=O)(=O)c1ccccc1N. The van der Waals surface area contributed by atoms with Crippen molar-refractivity contribution in [2.75, 3.05) is 5.73 Å². The van der Waals surface area contributed by atoms with Crippen molar-refractivity contribution in [1.29, 1.82) is 0 Å². The molecular weight excluding hydrogens is 446 g/mol. The Morgan fingerprint density at radius 3 is 1.81 bits per heavy atom. The number of benzene rings is 2. The van der Waals surface area contributed by atoms with Crippen molar-refractivity contribution in [3.63, 3.8) is 0 Å². The van der Waals surface area contributed by atoms with E-state index in [1.54, 1.807) is 18.2 Å². The van der Waals surface area contributed by atoms with E-state index >= 15 is 0 Å². The molecule has 2 aromatic rings. The van der Waals surface area contributed by atoms with Gasteiger partial charge in [-0.25, -0.2) is 8.42 Å². The van der Waals surface area contributed by atoms with Gasteiger partial charge >= 0.3 is 0 Å². The lowest BCUT2D eigenvalue weighted by molar-refractivity contribution is 0.481. The fourth-order valence-electron chi connectivity index (χ4n) is 3.99. The standard InChI is InChI=1S/C24H35NO5S2/c1-2-3-4-5-6-7-8-9-10-17-22(20-15-11-13-18-23(20)32(28,29)30)31(26,27)24-19-14-12-16-21(24)25/h11-16,18-19,22H,2-10,17,25H2,1H3,(H,28,29,30). The Labute approximate surface area is 192 Å². The largest absolute Gasteiger partial charge is 0.398 e. The van der Waals surface area contributed by atoms with Gasteiger partial charge in [-0.2, -0.15) is 8.42 Å². The molecule has 2 rings (SSSR count). The summed E-state index contributed by atoms with van der Waals surface area (Å²) in [6.45, 7) is 2.19. The Balaban J connectivity index is 2.22. The third-order valence-electron chi connectivity index (χ3n) is 5.71. The topological polar surface area (TPSA) is 115 Å². The van der Waals surface area contributed by atoms with Crippen LogP contribution in [0.5, 0.6) is 0 Å². The summed E-state index contributed by atoms with van der Waals surface area (Å²) in [6.07, 6.45) is 9.97. The number of sulfone groups is 1. The molecule has 0 aliphatic carbocycles. The molecule has 178 valence electrons. The van der Waals surface area contributed by atoms with Crippen LogP contribution in [0.1, 0.15) is 81.9 Å². The lowest BCUT2D eigenvalue weighted by Crippen LogP contribution is -2.18. The van der Waals surface area contributed by atoms with Gasteiger partial charge in [-0.05, 0) is 30.2 Å². The molecule has 0 saturated carbocycles. The van der Waals surface area contributed by atoms with Crippen LogP contribution in [0.2, 0.25) is 0 Å². The minimum absolute atomic E-state index is 0.0222. The zero-order valence-electron chi connectivity index (χ0n) is 18.7. The van der Waals surface area contributed by atoms with Crippen LogP contribution in [-0.4, -0.2) is 21.4 Å². The van der Waals surface area contributed by atoms with Crippen molar-refractivity contribution in [3.8, 4) is 0 Å². The summed E-state index contributed by atoms with van der Waals surface area (Å²) in [5.41, 5.74) is 6.14. The van der Waals surface area contributed by atoms with Crippen LogP contribution in [0.4, 0.5) is 5.69 Å². The van der Waals surface area contributed by atoms with Crippen LogP contribution < -0.4 is 5.73 Å². The summed E-state index contributed by atoms with van der Waals surface area (Å²) in [5, 5.41) is -1.12. The third kappa shape index (κ3) is 7.32. The maximum atomic E-state index is 13.5. The zero-order chi connectivity index (χ0) is 23.6. The van der Waals surface area contributed by atoms with Gasteiger partial charge < -0.3 is 5.73 Å². The van der Waals surface area contributed by atoms with Gasteiger partial charge in [0, 0.05) is 0 Å². The Morgan fingerprint density at radius 2 is 1.25 bits per heavy atom. The molecule has 0 aliphatic rings. The first kappa shape index (κ1) is 26.4. The predicted molar refractivity (Wildman–Crippen MR) is 129 cm³/mol. The maximum Gasteiger partial charge on any atom is 0.294 e. The summed E-state index contributed by atoms with van der Waals surface area (Å²) in [6, 6.07) is 11.9. The quantitative estimate of drug-likeness (QED) is 0.196. The minimum atomic E-state index is -4.58. The van der Waals surface area contributed by atoms with E-state index in [9.17, 15) is 21.4 Å². The summed E-state index contributed by atoms with van der Waals surface area (Å²) < 4.78 is 60.7. The van der Waals surface area contributed by atoms with Crippen molar-refractivity contribution >= 4 is 25.6 Å². The summed E-state index contributed by atoms with van der Waals surface area (Å²) in [7, 11) is -8.55. The van der Waals surface area contributed by atoms with Crippen LogP contribution in [0, 0.1) is 0 Å². The lowest BCUT2D eigenvalue weighted by atomic mass is 10.0. The average molecular weight is 482 g/mol. The molecule has 0 aromatic heterocycles. The molecule has 1 atom stereocenters. The molecule has 2 aromatic carbocycles. The number of para-hydroxylation sites is 1. The highest BCUT2D eigenvalue weighted by atomic mass is 32.2. The number of nitrogens with two attached hydrogens (primary N) is 1. The molecule has 1 unspecified atom stereocenters. The highest BCUT2D eigenvalue weighted by Gasteiger charge is 2.33. The normalized spacial score (nSPS) is 13.2. The molecular formula is C24H35NO5S2. The number of hydrogen-bond acceptors (Lipinski definition) is 5. The van der Waals surface area contributed by atoms with Gasteiger partial charge in [0.15, 0.2) is 9.84 Å². The zero-order valence-corrected chi connectivity index (χ0v) is 20.4. The molecule has 8 heteroatoms. The van der Waals surface area contributed by atoms with E-state index in [1.807, 2.05) is 0 Å². The molecule has 6 nitrogen and oxygen atoms in total. The fourth-order valence-corrected chi connectivity index (χ4v) is 6.81. The van der Waals surface area contributed by atoms with Gasteiger partial charge in [0.2, 0.25) is 0 Å². The second-order valence-corrected chi connectivity index (χ2v) is 11.7. The van der Waals surface area contributed by atoms with Crippen LogP contribution in [0.25, 0.3) is 0 Å². The smallest absolute Gasteiger partial charge is 0.294 e. The molecule has 0 amide bonds. The molecule has 3 N–H and O–H groups in total. The van der Waals surface area contributed by atoms with E-state index in [1.165, 1.54) is 62.4 Å². The minimum Gasteiger partial charge on any atom is -0.398 e. The first-order valence-corrected chi connectivity index (χ1v) is 14.3. The molecule has 0 aliphatic heterocycles. The van der Waals surface area contributed by atoms with Crippen LogP contribution in [-0.2, 0) is 20.0 Å². The fraction of sp³-hybridized carbons (Fsp3) is 0.500. The van der Waals surface area contributed by atoms with Crippen LogP contribution in [0.15, 0.2) is 58.3 Å². The van der Waals surface area contributed by atoms with Gasteiger partial charge in [-0.3, -0.25) is 4.55 Å². The van der Waals surface area contributed by atoms with E-state index in [-0.39, 0.29) is 27.5 Å². The van der Waals surface area contributed by atoms with Gasteiger partial charge in [0.05, 0.1) is 20.7 Å². The van der Waals surface area contributed by atoms with Gasteiger partial charge in [-0.15, -0.1) is 0 Å². The van der Waals surface area contributed by atoms with Crippen molar-refractivity contribution in [1.82, 2.24) is 0 Å². The maximum absolute atomic E-state index is 13.5. The van der Waals surface area contributed by atoms with Crippen molar-refractivity contribution < 1.29 is 21.4 Å². The second kappa shape index (κ2) is 12.4. The average Bonchev–Trinajstić information content (AvgIpc) is 2.74. The van der Waals surface area contributed by atoms with Gasteiger partial charge in [0.25, 0.3) is 10.1 Å². The Kier molecular flexibility index (Phi) is 10.2. The Morgan fingerprint density at radius 1 is 0.750 bits per heavy atom. The van der Waals surface area contributed by atoms with E-state index in [0.717, 1.165) is 19.3 Å². The summed E-state index contributed by atoms with van der Waals surface area (Å²) >= 11 is 0.